The number of carbonyl (C=O) groups excluding carboxylic acids is 1. The first-order chi connectivity index (χ1) is 14.2. The molecule has 0 saturated carbocycles. The molecule has 152 valence electrons. The van der Waals surface area contributed by atoms with Crippen LogP contribution in [0.4, 0.5) is 0 Å². The molecule has 1 aromatic carbocycles. The second-order valence-corrected chi connectivity index (χ2v) is 7.92. The Morgan fingerprint density at radius 2 is 2.03 bits per heavy atom. The van der Waals surface area contributed by atoms with Gasteiger partial charge in [0.15, 0.2) is 16.7 Å². The Labute approximate surface area is 173 Å². The molecule has 8 heteroatoms. The number of furan rings is 1. The van der Waals surface area contributed by atoms with Crippen molar-refractivity contribution in [3.05, 3.63) is 42.2 Å². The van der Waals surface area contributed by atoms with Crippen molar-refractivity contribution >= 4 is 33.4 Å². The van der Waals surface area contributed by atoms with E-state index in [1.165, 1.54) is 0 Å². The fourth-order valence-corrected chi connectivity index (χ4v) is 4.22. The number of rotatable bonds is 6. The van der Waals surface area contributed by atoms with Crippen LogP contribution in [0.15, 0.2) is 45.8 Å². The Morgan fingerprint density at radius 3 is 2.83 bits per heavy atom. The molecule has 2 aromatic heterocycles. The maximum Gasteiger partial charge on any atom is 0.244 e. The molecule has 0 radical (unpaired) electrons. The molecule has 1 fully saturated rings. The Kier molecular flexibility index (Phi) is 6.09. The number of hydrogen-bond donors (Lipinski definition) is 2. The van der Waals surface area contributed by atoms with Gasteiger partial charge in [-0.1, -0.05) is 12.1 Å². The summed E-state index contributed by atoms with van der Waals surface area (Å²) in [5, 5.41) is 7.27. The summed E-state index contributed by atoms with van der Waals surface area (Å²) in [5.74, 6) is 2.23. The van der Waals surface area contributed by atoms with Gasteiger partial charge in [0.1, 0.15) is 12.3 Å². The molecule has 7 nitrogen and oxygen atoms in total. The molecule has 1 amide bonds. The second-order valence-electron chi connectivity index (χ2n) is 6.89. The highest BCUT2D eigenvalue weighted by Crippen LogP contribution is 2.31. The van der Waals surface area contributed by atoms with Crippen molar-refractivity contribution in [1.29, 1.82) is 0 Å². The normalized spacial score (nSPS) is 14.5. The number of nitrogens with one attached hydrogen (secondary N) is 2. The third-order valence-electron chi connectivity index (χ3n) is 4.77. The maximum atomic E-state index is 12.2. The van der Waals surface area contributed by atoms with Crippen LogP contribution in [-0.2, 0) is 11.3 Å². The topological polar surface area (TPSA) is 82.8 Å². The number of amides is 1. The lowest BCUT2D eigenvalue weighted by molar-refractivity contribution is -0.128. The number of benzene rings is 1. The molecule has 0 bridgehead atoms. The van der Waals surface area contributed by atoms with Gasteiger partial charge in [0.2, 0.25) is 5.91 Å². The number of likely N-dealkylation sites (tertiary alicyclic amines) is 1. The summed E-state index contributed by atoms with van der Waals surface area (Å²) in [4.78, 5) is 23.1. The standard InChI is InChI=1S/C21H25N5O2S/c1-2-22-21(24-14-19(27)26-11-5-6-12-26)23-13-15-9-10-17(28-15)20-25-16-7-3-4-8-18(16)29-20/h3-4,7-10H,2,5-6,11-14H2,1H3,(H2,22,23,24). The highest BCUT2D eigenvalue weighted by Gasteiger charge is 2.17. The molecule has 1 saturated heterocycles. The zero-order chi connectivity index (χ0) is 20.1. The summed E-state index contributed by atoms with van der Waals surface area (Å²) in [6, 6.07) is 11.9. The molecule has 2 N–H and O–H groups in total. The number of aromatic nitrogens is 1. The summed E-state index contributed by atoms with van der Waals surface area (Å²) in [7, 11) is 0. The van der Waals surface area contributed by atoms with Gasteiger partial charge in [0, 0.05) is 19.6 Å². The Balaban J connectivity index is 1.37. The van der Waals surface area contributed by atoms with Gasteiger partial charge in [0.05, 0.1) is 16.8 Å². The maximum absolute atomic E-state index is 12.2. The molecule has 3 aromatic rings. The van der Waals surface area contributed by atoms with Crippen LogP contribution in [0.2, 0.25) is 0 Å². The largest absolute Gasteiger partial charge is 0.457 e. The van der Waals surface area contributed by atoms with E-state index in [4.69, 9.17) is 4.42 Å². The summed E-state index contributed by atoms with van der Waals surface area (Å²) in [6.45, 7) is 5.05. The average Bonchev–Trinajstić information content (AvgIpc) is 3.49. The number of carbonyl (C=O) groups is 1. The van der Waals surface area contributed by atoms with Crippen LogP contribution in [0.3, 0.4) is 0 Å². The molecule has 0 atom stereocenters. The van der Waals surface area contributed by atoms with E-state index in [9.17, 15) is 4.79 Å². The Hall–Kier alpha value is -2.87. The van der Waals surface area contributed by atoms with E-state index < -0.39 is 0 Å². The van der Waals surface area contributed by atoms with Gasteiger partial charge in [-0.25, -0.2) is 9.98 Å². The SMILES string of the molecule is CCNC(=NCC(=O)N1CCCC1)NCc1ccc(-c2nc3ccccc3s2)o1. The average molecular weight is 412 g/mol. The first-order valence-electron chi connectivity index (χ1n) is 9.97. The summed E-state index contributed by atoms with van der Waals surface area (Å²) >= 11 is 1.62. The van der Waals surface area contributed by atoms with Gasteiger partial charge in [-0.2, -0.15) is 0 Å². The van der Waals surface area contributed by atoms with Gasteiger partial charge in [-0.3, -0.25) is 4.79 Å². The molecular weight excluding hydrogens is 386 g/mol. The van der Waals surface area contributed by atoms with Crippen LogP contribution in [0, 0.1) is 0 Å². The number of para-hydroxylation sites is 1. The molecule has 1 aliphatic heterocycles. The third-order valence-corrected chi connectivity index (χ3v) is 5.82. The molecule has 4 rings (SSSR count). The van der Waals surface area contributed by atoms with Crippen molar-refractivity contribution in [1.82, 2.24) is 20.5 Å². The van der Waals surface area contributed by atoms with Crippen molar-refractivity contribution in [2.45, 2.75) is 26.3 Å². The van der Waals surface area contributed by atoms with E-state index >= 15 is 0 Å². The first kappa shape index (κ1) is 19.4. The van der Waals surface area contributed by atoms with Crippen molar-refractivity contribution in [2.24, 2.45) is 4.99 Å². The lowest BCUT2D eigenvalue weighted by atomic mass is 10.3. The minimum absolute atomic E-state index is 0.0795. The van der Waals surface area contributed by atoms with Crippen molar-refractivity contribution in [3.63, 3.8) is 0 Å². The second kappa shape index (κ2) is 9.09. The van der Waals surface area contributed by atoms with Crippen molar-refractivity contribution in [2.75, 3.05) is 26.2 Å². The summed E-state index contributed by atoms with van der Waals surface area (Å²) in [6.07, 6.45) is 2.17. The predicted molar refractivity (Wildman–Crippen MR) is 116 cm³/mol. The first-order valence-corrected chi connectivity index (χ1v) is 10.8. The molecule has 0 unspecified atom stereocenters. The van der Waals surface area contributed by atoms with E-state index in [-0.39, 0.29) is 12.5 Å². The van der Waals surface area contributed by atoms with Crippen LogP contribution >= 0.6 is 11.3 Å². The van der Waals surface area contributed by atoms with Crippen molar-refractivity contribution in [3.8, 4) is 10.8 Å². The predicted octanol–water partition coefficient (Wildman–Crippen LogP) is 3.23. The number of nitrogens with zero attached hydrogens (tertiary/aromatic N) is 3. The summed E-state index contributed by atoms with van der Waals surface area (Å²) < 4.78 is 7.10. The van der Waals surface area contributed by atoms with Gasteiger partial charge in [0.25, 0.3) is 0 Å². The smallest absolute Gasteiger partial charge is 0.244 e. The van der Waals surface area contributed by atoms with Crippen LogP contribution < -0.4 is 10.6 Å². The molecule has 29 heavy (non-hydrogen) atoms. The fraction of sp³-hybridized carbons (Fsp3) is 0.381. The Bertz CT molecular complexity index is 970. The minimum atomic E-state index is 0.0795. The van der Waals surface area contributed by atoms with Crippen LogP contribution in [0.5, 0.6) is 0 Å². The van der Waals surface area contributed by atoms with Gasteiger partial charge in [-0.15, -0.1) is 11.3 Å². The van der Waals surface area contributed by atoms with Gasteiger partial charge < -0.3 is 20.0 Å². The monoisotopic (exact) mass is 411 g/mol. The van der Waals surface area contributed by atoms with Crippen LogP contribution in [-0.4, -0.2) is 47.9 Å². The number of thiazole rings is 1. The third kappa shape index (κ3) is 4.76. The molecule has 1 aliphatic rings. The van der Waals surface area contributed by atoms with E-state index in [0.717, 1.165) is 59.2 Å². The number of hydrogen-bond acceptors (Lipinski definition) is 5. The van der Waals surface area contributed by atoms with Crippen LogP contribution in [0.1, 0.15) is 25.5 Å². The van der Waals surface area contributed by atoms with Crippen LogP contribution in [0.25, 0.3) is 21.0 Å². The Morgan fingerprint density at radius 1 is 1.21 bits per heavy atom. The fourth-order valence-electron chi connectivity index (χ4n) is 3.29. The van der Waals surface area contributed by atoms with Gasteiger partial charge in [-0.05, 0) is 44.0 Å². The zero-order valence-corrected chi connectivity index (χ0v) is 17.3. The zero-order valence-electron chi connectivity index (χ0n) is 16.5. The lowest BCUT2D eigenvalue weighted by Crippen LogP contribution is -2.38. The number of aliphatic imine (C=N–C) groups is 1. The lowest BCUT2D eigenvalue weighted by Gasteiger charge is -2.14. The molecule has 3 heterocycles. The summed E-state index contributed by atoms with van der Waals surface area (Å²) in [5.41, 5.74) is 0.979. The molecule has 0 aliphatic carbocycles. The minimum Gasteiger partial charge on any atom is -0.457 e. The van der Waals surface area contributed by atoms with E-state index in [0.29, 0.717) is 12.5 Å². The van der Waals surface area contributed by atoms with E-state index in [1.807, 2.05) is 42.2 Å². The van der Waals surface area contributed by atoms with E-state index in [1.54, 1.807) is 11.3 Å². The highest BCUT2D eigenvalue weighted by atomic mass is 32.1. The number of guanidine groups is 1. The molecular formula is C21H25N5O2S. The van der Waals surface area contributed by atoms with Gasteiger partial charge >= 0.3 is 0 Å². The molecule has 0 spiro atoms. The quantitative estimate of drug-likeness (QED) is 0.481. The highest BCUT2D eigenvalue weighted by molar-refractivity contribution is 7.21. The van der Waals surface area contributed by atoms with E-state index in [2.05, 4.69) is 26.7 Å². The van der Waals surface area contributed by atoms with Crippen molar-refractivity contribution < 1.29 is 9.21 Å². The number of fused-ring (bicyclic) bond motifs is 1.